The number of nitrogens with zero attached hydrogens (tertiary/aromatic N) is 1. The second-order valence-electron chi connectivity index (χ2n) is 5.90. The van der Waals surface area contributed by atoms with Gasteiger partial charge in [-0.1, -0.05) is 29.8 Å². The van der Waals surface area contributed by atoms with Crippen LogP contribution in [0.3, 0.4) is 0 Å². The number of hydrogen-bond acceptors (Lipinski definition) is 3. The monoisotopic (exact) mass is 360 g/mol. The van der Waals surface area contributed by atoms with Gasteiger partial charge in [0.2, 0.25) is 0 Å². The zero-order valence-corrected chi connectivity index (χ0v) is 15.0. The minimum Gasteiger partial charge on any atom is -0.497 e. The molecule has 0 spiro atoms. The Morgan fingerprint density at radius 1 is 1.16 bits per heavy atom. The molecule has 0 aliphatic carbocycles. The van der Waals surface area contributed by atoms with Crippen LogP contribution in [0.5, 0.6) is 11.5 Å². The highest BCUT2D eigenvalue weighted by Gasteiger charge is 2.31. The standard InChI is InChI=1S/C19H21ClN2O3/c1-24-14-10-13(11-15(12-14)25-2)21-19(23)22-9-5-8-18(22)16-6-3-4-7-17(16)20/h3-4,6-7,10-12,18H,5,8-9H2,1-2H3,(H,21,23)/t18-/m0/s1. The van der Waals surface area contributed by atoms with E-state index in [1.807, 2.05) is 29.2 Å². The zero-order valence-electron chi connectivity index (χ0n) is 14.3. The minimum atomic E-state index is -0.155. The first-order chi connectivity index (χ1) is 12.1. The van der Waals surface area contributed by atoms with Gasteiger partial charge in [-0.15, -0.1) is 0 Å². The molecule has 1 atom stereocenters. The summed E-state index contributed by atoms with van der Waals surface area (Å²) in [7, 11) is 3.16. The molecule has 6 heteroatoms. The molecule has 2 aromatic carbocycles. The average molecular weight is 361 g/mol. The van der Waals surface area contributed by atoms with Crippen molar-refractivity contribution >= 4 is 23.3 Å². The second kappa shape index (κ2) is 7.66. The third kappa shape index (κ3) is 3.82. The number of likely N-dealkylation sites (tertiary alicyclic amines) is 1. The number of methoxy groups -OCH3 is 2. The zero-order chi connectivity index (χ0) is 17.8. The van der Waals surface area contributed by atoms with E-state index in [-0.39, 0.29) is 12.1 Å². The topological polar surface area (TPSA) is 50.8 Å². The van der Waals surface area contributed by atoms with Crippen molar-refractivity contribution in [1.82, 2.24) is 4.90 Å². The van der Waals surface area contributed by atoms with Gasteiger partial charge in [0.05, 0.1) is 20.3 Å². The van der Waals surface area contributed by atoms with E-state index in [0.717, 1.165) is 18.4 Å². The largest absolute Gasteiger partial charge is 0.497 e. The highest BCUT2D eigenvalue weighted by Crippen LogP contribution is 2.36. The highest BCUT2D eigenvalue weighted by molar-refractivity contribution is 6.31. The first-order valence-electron chi connectivity index (χ1n) is 8.17. The lowest BCUT2D eigenvalue weighted by Crippen LogP contribution is -2.34. The molecule has 2 amide bonds. The van der Waals surface area contributed by atoms with E-state index in [0.29, 0.717) is 28.8 Å². The van der Waals surface area contributed by atoms with Crippen LogP contribution >= 0.6 is 11.6 Å². The number of anilines is 1. The molecule has 1 aliphatic heterocycles. The van der Waals surface area contributed by atoms with Gasteiger partial charge >= 0.3 is 6.03 Å². The van der Waals surface area contributed by atoms with E-state index in [1.165, 1.54) is 0 Å². The van der Waals surface area contributed by atoms with Gasteiger partial charge in [0.25, 0.3) is 0 Å². The van der Waals surface area contributed by atoms with Gasteiger partial charge in [0.15, 0.2) is 0 Å². The average Bonchev–Trinajstić information content (AvgIpc) is 3.11. The van der Waals surface area contributed by atoms with Crippen LogP contribution in [0.1, 0.15) is 24.4 Å². The molecular weight excluding hydrogens is 340 g/mol. The number of rotatable bonds is 4. The Bertz CT molecular complexity index is 744. The summed E-state index contributed by atoms with van der Waals surface area (Å²) in [6.45, 7) is 0.697. The van der Waals surface area contributed by atoms with E-state index in [2.05, 4.69) is 5.32 Å². The van der Waals surface area contributed by atoms with Crippen LogP contribution in [0.25, 0.3) is 0 Å². The van der Waals surface area contributed by atoms with Crippen LogP contribution in [-0.2, 0) is 0 Å². The van der Waals surface area contributed by atoms with Crippen LogP contribution < -0.4 is 14.8 Å². The number of amides is 2. The number of urea groups is 1. The van der Waals surface area contributed by atoms with Gasteiger partial charge in [0, 0.05) is 35.5 Å². The Morgan fingerprint density at radius 2 is 1.84 bits per heavy atom. The number of nitrogens with one attached hydrogen (secondary N) is 1. The molecule has 1 aliphatic rings. The number of halogens is 1. The van der Waals surface area contributed by atoms with E-state index >= 15 is 0 Å². The van der Waals surface area contributed by atoms with Gasteiger partial charge in [-0.2, -0.15) is 0 Å². The number of benzene rings is 2. The van der Waals surface area contributed by atoms with Crippen molar-refractivity contribution < 1.29 is 14.3 Å². The Morgan fingerprint density at radius 3 is 2.48 bits per heavy atom. The number of carbonyl (C=O) groups excluding carboxylic acids is 1. The summed E-state index contributed by atoms with van der Waals surface area (Å²) in [5, 5.41) is 3.63. The smallest absolute Gasteiger partial charge is 0.322 e. The molecule has 0 bridgehead atoms. The summed E-state index contributed by atoms with van der Waals surface area (Å²) >= 11 is 6.32. The summed E-state index contributed by atoms with van der Waals surface area (Å²) in [5.41, 5.74) is 1.62. The lowest BCUT2D eigenvalue weighted by molar-refractivity contribution is 0.207. The fourth-order valence-corrected chi connectivity index (χ4v) is 3.42. The Balaban J connectivity index is 1.80. The number of hydrogen-bond donors (Lipinski definition) is 1. The molecule has 0 unspecified atom stereocenters. The normalized spacial score (nSPS) is 16.6. The molecule has 0 saturated carbocycles. The summed E-state index contributed by atoms with van der Waals surface area (Å²) in [6, 6.07) is 12.8. The van der Waals surface area contributed by atoms with Gasteiger partial charge in [-0.05, 0) is 24.5 Å². The van der Waals surface area contributed by atoms with Crippen molar-refractivity contribution in [2.45, 2.75) is 18.9 Å². The molecule has 1 saturated heterocycles. The lowest BCUT2D eigenvalue weighted by Gasteiger charge is -2.26. The summed E-state index contributed by atoms with van der Waals surface area (Å²) in [5.74, 6) is 1.25. The summed E-state index contributed by atoms with van der Waals surface area (Å²) in [6.07, 6.45) is 1.85. The first kappa shape index (κ1) is 17.4. The summed E-state index contributed by atoms with van der Waals surface area (Å²) in [4.78, 5) is 14.6. The molecule has 1 N–H and O–H groups in total. The first-order valence-corrected chi connectivity index (χ1v) is 8.55. The van der Waals surface area contributed by atoms with Gasteiger partial charge in [-0.3, -0.25) is 0 Å². The van der Waals surface area contributed by atoms with Crippen LogP contribution in [-0.4, -0.2) is 31.7 Å². The van der Waals surface area contributed by atoms with E-state index < -0.39 is 0 Å². The predicted molar refractivity (Wildman–Crippen MR) is 98.7 cm³/mol. The third-order valence-corrected chi connectivity index (χ3v) is 4.72. The molecule has 5 nitrogen and oxygen atoms in total. The van der Waals surface area contributed by atoms with Gasteiger partial charge < -0.3 is 19.7 Å². The molecule has 3 rings (SSSR count). The molecule has 1 heterocycles. The fraction of sp³-hybridized carbons (Fsp3) is 0.316. The molecule has 25 heavy (non-hydrogen) atoms. The van der Waals surface area contributed by atoms with Crippen LogP contribution in [0.2, 0.25) is 5.02 Å². The van der Waals surface area contributed by atoms with Crippen molar-refractivity contribution in [3.05, 3.63) is 53.1 Å². The van der Waals surface area contributed by atoms with Crippen LogP contribution in [0, 0.1) is 0 Å². The third-order valence-electron chi connectivity index (χ3n) is 4.38. The van der Waals surface area contributed by atoms with Crippen LogP contribution in [0.4, 0.5) is 10.5 Å². The van der Waals surface area contributed by atoms with E-state index in [1.54, 1.807) is 32.4 Å². The molecule has 2 aromatic rings. The maximum Gasteiger partial charge on any atom is 0.322 e. The van der Waals surface area contributed by atoms with Crippen molar-refractivity contribution in [2.75, 3.05) is 26.1 Å². The maximum atomic E-state index is 12.8. The van der Waals surface area contributed by atoms with Crippen molar-refractivity contribution in [3.63, 3.8) is 0 Å². The van der Waals surface area contributed by atoms with Gasteiger partial charge in [-0.25, -0.2) is 4.79 Å². The Hall–Kier alpha value is -2.40. The van der Waals surface area contributed by atoms with Crippen molar-refractivity contribution in [3.8, 4) is 11.5 Å². The minimum absolute atomic E-state index is 0.0128. The fourth-order valence-electron chi connectivity index (χ4n) is 3.15. The highest BCUT2D eigenvalue weighted by atomic mass is 35.5. The molecule has 1 fully saturated rings. The van der Waals surface area contributed by atoms with Gasteiger partial charge in [0.1, 0.15) is 11.5 Å². The molecule has 0 radical (unpaired) electrons. The van der Waals surface area contributed by atoms with E-state index in [9.17, 15) is 4.79 Å². The lowest BCUT2D eigenvalue weighted by atomic mass is 10.0. The Kier molecular flexibility index (Phi) is 5.34. The number of carbonyl (C=O) groups is 1. The Labute approximate surface area is 152 Å². The predicted octanol–water partition coefficient (Wildman–Crippen LogP) is 4.73. The SMILES string of the molecule is COc1cc(NC(=O)N2CCC[C@H]2c2ccccc2Cl)cc(OC)c1. The maximum absolute atomic E-state index is 12.8. The number of ether oxygens (including phenoxy) is 2. The van der Waals surface area contributed by atoms with Crippen molar-refractivity contribution in [1.29, 1.82) is 0 Å². The van der Waals surface area contributed by atoms with Crippen molar-refractivity contribution in [2.24, 2.45) is 0 Å². The molecular formula is C19H21ClN2O3. The summed E-state index contributed by atoms with van der Waals surface area (Å²) < 4.78 is 10.5. The quantitative estimate of drug-likeness (QED) is 0.857. The van der Waals surface area contributed by atoms with E-state index in [4.69, 9.17) is 21.1 Å². The second-order valence-corrected chi connectivity index (χ2v) is 6.31. The molecule has 0 aromatic heterocycles. The van der Waals surface area contributed by atoms with Crippen LogP contribution in [0.15, 0.2) is 42.5 Å². The molecule has 132 valence electrons.